The number of nitrogens with one attached hydrogen (secondary N) is 1. The molecule has 1 aromatic rings. The Morgan fingerprint density at radius 2 is 2.19 bits per heavy atom. The maximum absolute atomic E-state index is 5.36. The van der Waals surface area contributed by atoms with Crippen LogP contribution in [0.1, 0.15) is 31.5 Å². The van der Waals surface area contributed by atoms with Crippen LogP contribution in [0.5, 0.6) is 0 Å². The summed E-state index contributed by atoms with van der Waals surface area (Å²) >= 11 is 0. The van der Waals surface area contributed by atoms with Gasteiger partial charge in [0, 0.05) is 32.5 Å². The van der Waals surface area contributed by atoms with Crippen LogP contribution >= 0.6 is 0 Å². The maximum Gasteiger partial charge on any atom is 0.0638 e. The van der Waals surface area contributed by atoms with Crippen LogP contribution in [0.25, 0.3) is 0 Å². The zero-order chi connectivity index (χ0) is 12.2. The van der Waals surface area contributed by atoms with Crippen molar-refractivity contribution in [3.8, 4) is 0 Å². The van der Waals surface area contributed by atoms with Crippen molar-refractivity contribution in [1.82, 2.24) is 15.1 Å². The molecule has 0 aliphatic carbocycles. The van der Waals surface area contributed by atoms with Crippen molar-refractivity contribution in [2.75, 3.05) is 13.7 Å². The van der Waals surface area contributed by atoms with Gasteiger partial charge in [-0.1, -0.05) is 0 Å². The van der Waals surface area contributed by atoms with E-state index in [4.69, 9.17) is 4.74 Å². The van der Waals surface area contributed by atoms with E-state index in [0.717, 1.165) is 25.2 Å². The number of aromatic nitrogens is 2. The Labute approximate surface area is 98.0 Å². The first kappa shape index (κ1) is 13.2. The van der Waals surface area contributed by atoms with Crippen LogP contribution < -0.4 is 5.32 Å². The summed E-state index contributed by atoms with van der Waals surface area (Å²) in [5, 5.41) is 7.72. The fraction of sp³-hybridized carbons (Fsp3) is 0.750. The van der Waals surface area contributed by atoms with E-state index in [2.05, 4.69) is 30.5 Å². The van der Waals surface area contributed by atoms with Gasteiger partial charge in [0.1, 0.15) is 0 Å². The summed E-state index contributed by atoms with van der Waals surface area (Å²) in [5.41, 5.74) is 2.32. The number of hydrogen-bond donors (Lipinski definition) is 1. The molecule has 0 amide bonds. The van der Waals surface area contributed by atoms with Gasteiger partial charge in [-0.25, -0.2) is 0 Å². The normalized spacial score (nSPS) is 12.1. The molecule has 92 valence electrons. The summed E-state index contributed by atoms with van der Waals surface area (Å²) < 4.78 is 7.21. The Morgan fingerprint density at radius 1 is 1.50 bits per heavy atom. The molecule has 1 N–H and O–H groups in total. The second-order valence-electron chi connectivity index (χ2n) is 4.80. The van der Waals surface area contributed by atoms with Crippen LogP contribution in [-0.4, -0.2) is 29.0 Å². The van der Waals surface area contributed by atoms with Gasteiger partial charge in [0.25, 0.3) is 0 Å². The zero-order valence-electron chi connectivity index (χ0n) is 11.0. The van der Waals surface area contributed by atoms with Crippen molar-refractivity contribution < 1.29 is 4.74 Å². The molecule has 0 atom stereocenters. The van der Waals surface area contributed by atoms with Gasteiger partial charge in [-0.3, -0.25) is 4.68 Å². The highest BCUT2D eigenvalue weighted by atomic mass is 16.5. The second-order valence-corrected chi connectivity index (χ2v) is 4.80. The molecule has 0 radical (unpaired) electrons. The van der Waals surface area contributed by atoms with E-state index in [1.807, 2.05) is 18.7 Å². The first-order valence-corrected chi connectivity index (χ1v) is 5.69. The molecule has 4 heteroatoms. The molecule has 0 unspecified atom stereocenters. The minimum absolute atomic E-state index is 0.0447. The van der Waals surface area contributed by atoms with Crippen LogP contribution in [0.4, 0.5) is 0 Å². The van der Waals surface area contributed by atoms with Crippen LogP contribution in [-0.2, 0) is 18.3 Å². The van der Waals surface area contributed by atoms with E-state index >= 15 is 0 Å². The fourth-order valence-corrected chi connectivity index (χ4v) is 1.54. The standard InChI is InChI=1S/C12H23N3O/c1-10-11(9-15(4)14-10)8-13-7-6-12(2,3)16-5/h9,13H,6-8H2,1-5H3. The van der Waals surface area contributed by atoms with Gasteiger partial charge in [-0.2, -0.15) is 5.10 Å². The molecule has 0 saturated heterocycles. The highest BCUT2D eigenvalue weighted by Gasteiger charge is 2.15. The van der Waals surface area contributed by atoms with E-state index in [1.165, 1.54) is 5.56 Å². The largest absolute Gasteiger partial charge is 0.379 e. The van der Waals surface area contributed by atoms with E-state index in [-0.39, 0.29) is 5.60 Å². The fourth-order valence-electron chi connectivity index (χ4n) is 1.54. The Morgan fingerprint density at radius 3 is 2.69 bits per heavy atom. The van der Waals surface area contributed by atoms with Gasteiger partial charge in [-0.05, 0) is 33.7 Å². The highest BCUT2D eigenvalue weighted by Crippen LogP contribution is 2.11. The van der Waals surface area contributed by atoms with Gasteiger partial charge in [0.15, 0.2) is 0 Å². The highest BCUT2D eigenvalue weighted by molar-refractivity contribution is 5.14. The number of ether oxygens (including phenoxy) is 1. The molecule has 1 aromatic heterocycles. The monoisotopic (exact) mass is 225 g/mol. The lowest BCUT2D eigenvalue weighted by molar-refractivity contribution is 0.0158. The van der Waals surface area contributed by atoms with E-state index in [0.29, 0.717) is 0 Å². The molecule has 1 rings (SSSR count). The molecule has 0 bridgehead atoms. The van der Waals surface area contributed by atoms with Crippen LogP contribution in [0, 0.1) is 6.92 Å². The van der Waals surface area contributed by atoms with Gasteiger partial charge in [0.2, 0.25) is 0 Å². The molecular weight excluding hydrogens is 202 g/mol. The molecule has 0 aliphatic heterocycles. The summed E-state index contributed by atoms with van der Waals surface area (Å²) in [6.07, 6.45) is 3.06. The molecule has 1 heterocycles. The van der Waals surface area contributed by atoms with E-state index in [9.17, 15) is 0 Å². The SMILES string of the molecule is COC(C)(C)CCNCc1cn(C)nc1C. The van der Waals surface area contributed by atoms with Crippen LogP contribution in [0.2, 0.25) is 0 Å². The minimum atomic E-state index is -0.0447. The lowest BCUT2D eigenvalue weighted by Crippen LogP contribution is -2.28. The van der Waals surface area contributed by atoms with Gasteiger partial charge in [-0.15, -0.1) is 0 Å². The number of hydrogen-bond acceptors (Lipinski definition) is 3. The molecular formula is C12H23N3O. The lowest BCUT2D eigenvalue weighted by atomic mass is 10.1. The Hall–Kier alpha value is -0.870. The van der Waals surface area contributed by atoms with Gasteiger partial charge >= 0.3 is 0 Å². The third-order valence-corrected chi connectivity index (χ3v) is 2.89. The summed E-state index contributed by atoms with van der Waals surface area (Å²) in [5.74, 6) is 0. The maximum atomic E-state index is 5.36. The Bertz CT molecular complexity index is 331. The zero-order valence-corrected chi connectivity index (χ0v) is 11.0. The second kappa shape index (κ2) is 5.46. The molecule has 0 spiro atoms. The summed E-state index contributed by atoms with van der Waals surface area (Å²) in [7, 11) is 3.70. The minimum Gasteiger partial charge on any atom is -0.379 e. The quantitative estimate of drug-likeness (QED) is 0.748. The number of methoxy groups -OCH3 is 1. The summed E-state index contributed by atoms with van der Waals surface area (Å²) in [6.45, 7) is 8.07. The van der Waals surface area contributed by atoms with Crippen molar-refractivity contribution in [1.29, 1.82) is 0 Å². The number of nitrogens with zero attached hydrogens (tertiary/aromatic N) is 2. The average Bonchev–Trinajstić information content (AvgIpc) is 2.52. The van der Waals surface area contributed by atoms with Crippen molar-refractivity contribution in [3.05, 3.63) is 17.5 Å². The number of rotatable bonds is 6. The lowest BCUT2D eigenvalue weighted by Gasteiger charge is -2.22. The first-order chi connectivity index (χ1) is 7.44. The molecule has 0 saturated carbocycles. The molecule has 0 aliphatic rings. The van der Waals surface area contributed by atoms with Crippen molar-refractivity contribution in [2.45, 2.75) is 39.3 Å². The predicted octanol–water partition coefficient (Wildman–Crippen LogP) is 1.63. The summed E-state index contributed by atoms with van der Waals surface area (Å²) in [4.78, 5) is 0. The third kappa shape index (κ3) is 3.94. The average molecular weight is 225 g/mol. The smallest absolute Gasteiger partial charge is 0.0638 e. The molecule has 4 nitrogen and oxygen atoms in total. The van der Waals surface area contributed by atoms with Crippen molar-refractivity contribution >= 4 is 0 Å². The summed E-state index contributed by atoms with van der Waals surface area (Å²) in [6, 6.07) is 0. The topological polar surface area (TPSA) is 39.1 Å². The van der Waals surface area contributed by atoms with Crippen molar-refractivity contribution in [3.63, 3.8) is 0 Å². The van der Waals surface area contributed by atoms with Crippen LogP contribution in [0.15, 0.2) is 6.20 Å². The van der Waals surface area contributed by atoms with Gasteiger partial charge in [0.05, 0.1) is 11.3 Å². The number of aryl methyl sites for hydroxylation is 2. The predicted molar refractivity (Wildman–Crippen MR) is 65.4 cm³/mol. The van der Waals surface area contributed by atoms with Crippen LogP contribution in [0.3, 0.4) is 0 Å². The first-order valence-electron chi connectivity index (χ1n) is 5.69. The Kier molecular flexibility index (Phi) is 4.50. The Balaban J connectivity index is 2.29. The van der Waals surface area contributed by atoms with Gasteiger partial charge < -0.3 is 10.1 Å². The molecule has 16 heavy (non-hydrogen) atoms. The van der Waals surface area contributed by atoms with E-state index < -0.39 is 0 Å². The van der Waals surface area contributed by atoms with E-state index in [1.54, 1.807) is 7.11 Å². The third-order valence-electron chi connectivity index (χ3n) is 2.89. The molecule has 0 fully saturated rings. The van der Waals surface area contributed by atoms with Crippen molar-refractivity contribution in [2.24, 2.45) is 7.05 Å². The molecule has 0 aromatic carbocycles.